The number of aliphatic hydroxyl groups excluding tert-OH is 1. The minimum absolute atomic E-state index is 0.108. The maximum absolute atomic E-state index is 13.1. The van der Waals surface area contributed by atoms with E-state index in [0.29, 0.717) is 25.7 Å². The maximum Gasteiger partial charge on any atom is 0.472 e. The largest absolute Gasteiger partial charge is 0.472 e. The van der Waals surface area contributed by atoms with Crippen molar-refractivity contribution in [1.82, 2.24) is 0 Å². The average Bonchev–Trinajstić information content (AvgIpc) is 0.931. The molecular weight excluding hydrogens is 1330 g/mol. The average molecular weight is 1490 g/mol. The van der Waals surface area contributed by atoms with Crippen LogP contribution in [0.4, 0.5) is 0 Å². The number of rotatable bonds is 82. The molecule has 0 aromatic heterocycles. The van der Waals surface area contributed by atoms with Gasteiger partial charge in [-0.2, -0.15) is 0 Å². The molecule has 5 atom stereocenters. The summed E-state index contributed by atoms with van der Waals surface area (Å²) in [5, 5.41) is 10.6. The van der Waals surface area contributed by atoms with Gasteiger partial charge in [0.25, 0.3) is 0 Å². The zero-order valence-corrected chi connectivity index (χ0v) is 68.7. The molecule has 19 heteroatoms. The third-order valence-electron chi connectivity index (χ3n) is 19.5. The molecule has 0 spiro atoms. The molecule has 3 N–H and O–H groups in total. The Balaban J connectivity index is 5.17. The van der Waals surface area contributed by atoms with Crippen LogP contribution in [0.1, 0.15) is 440 Å². The van der Waals surface area contributed by atoms with Gasteiger partial charge in [0.05, 0.1) is 26.4 Å². The number of hydrogen-bond donors (Lipinski definition) is 3. The molecule has 0 aliphatic rings. The van der Waals surface area contributed by atoms with E-state index >= 15 is 0 Å². The first-order valence-electron chi connectivity index (χ1n) is 43.0. The molecule has 0 aromatic carbocycles. The highest BCUT2D eigenvalue weighted by Gasteiger charge is 2.30. The lowest BCUT2D eigenvalue weighted by Crippen LogP contribution is -2.30. The number of aliphatic hydroxyl groups is 1. The smallest absolute Gasteiger partial charge is 0.462 e. The number of phosphoric acid groups is 2. The topological polar surface area (TPSA) is 237 Å². The van der Waals surface area contributed by atoms with Gasteiger partial charge in [0.2, 0.25) is 0 Å². The minimum Gasteiger partial charge on any atom is -0.462 e. The fourth-order valence-electron chi connectivity index (χ4n) is 12.9. The number of esters is 4. The van der Waals surface area contributed by atoms with Crippen molar-refractivity contribution in [3.05, 3.63) is 0 Å². The monoisotopic (exact) mass is 1490 g/mol. The first kappa shape index (κ1) is 100. The van der Waals surface area contributed by atoms with Crippen LogP contribution in [0.3, 0.4) is 0 Å². The molecular formula is C83H162O17P2. The van der Waals surface area contributed by atoms with Gasteiger partial charge in [-0.1, -0.05) is 388 Å². The van der Waals surface area contributed by atoms with E-state index < -0.39 is 97.5 Å². The van der Waals surface area contributed by atoms with E-state index in [1.807, 2.05) is 0 Å². The standard InChI is InChI=1S/C83H162O17P2/c1-7-9-11-13-15-16-17-18-19-20-28-33-38-43-49-55-61-67-82(87)99-78(71-93-80(85)65-59-53-45-14-12-10-8-2)73-97-101(89,90)95-69-77(84)70-96-102(91,92)98-74-79(100-83(88)68-62-56-50-44-39-34-29-24-22-26-31-36-41-47-52-58-64-76(5)6)72-94-81(86)66-60-54-48-42-37-32-27-23-21-25-30-35-40-46-51-57-63-75(3)4/h75-79,84H,7-74H2,1-6H3,(H,89,90)(H,91,92)/t77-,78+,79+/m0/s1. The van der Waals surface area contributed by atoms with Crippen molar-refractivity contribution in [3.63, 3.8) is 0 Å². The van der Waals surface area contributed by atoms with Crippen LogP contribution in [-0.4, -0.2) is 96.7 Å². The van der Waals surface area contributed by atoms with Crippen LogP contribution in [0, 0.1) is 11.8 Å². The number of hydrogen-bond acceptors (Lipinski definition) is 15. The molecule has 0 fully saturated rings. The highest BCUT2D eigenvalue weighted by Crippen LogP contribution is 2.45. The van der Waals surface area contributed by atoms with Crippen molar-refractivity contribution in [3.8, 4) is 0 Å². The van der Waals surface area contributed by atoms with Crippen molar-refractivity contribution in [1.29, 1.82) is 0 Å². The zero-order valence-electron chi connectivity index (χ0n) is 66.9. The molecule has 2 unspecified atom stereocenters. The third-order valence-corrected chi connectivity index (χ3v) is 21.4. The molecule has 0 saturated heterocycles. The Hall–Kier alpha value is -1.94. The highest BCUT2D eigenvalue weighted by molar-refractivity contribution is 7.47. The van der Waals surface area contributed by atoms with E-state index in [2.05, 4.69) is 41.5 Å². The van der Waals surface area contributed by atoms with Gasteiger partial charge in [-0.3, -0.25) is 37.3 Å². The Morgan fingerprint density at radius 1 is 0.265 bits per heavy atom. The van der Waals surface area contributed by atoms with Gasteiger partial charge in [0.15, 0.2) is 12.2 Å². The van der Waals surface area contributed by atoms with Gasteiger partial charge in [0, 0.05) is 25.7 Å². The molecule has 0 aliphatic carbocycles. The van der Waals surface area contributed by atoms with Crippen molar-refractivity contribution in [2.24, 2.45) is 11.8 Å². The predicted octanol–water partition coefficient (Wildman–Crippen LogP) is 25.1. The summed E-state index contributed by atoms with van der Waals surface area (Å²) in [7, 11) is -9.92. The summed E-state index contributed by atoms with van der Waals surface area (Å²) in [5.41, 5.74) is 0. The van der Waals surface area contributed by atoms with Crippen molar-refractivity contribution >= 4 is 39.5 Å². The van der Waals surface area contributed by atoms with E-state index in [1.165, 1.54) is 244 Å². The Labute approximate surface area is 626 Å². The SMILES string of the molecule is CCCCCCCCCCCCCCCCCCCC(=O)O[C@H](COC(=O)CCCCCCCCC)COP(=O)(O)OC[C@H](O)COP(=O)(O)OC[C@@H](COC(=O)CCCCCCCCCCCCCCCCCCC(C)C)OC(=O)CCCCCCCCCCCCCCCCCCC(C)C. The Morgan fingerprint density at radius 2 is 0.451 bits per heavy atom. The summed E-state index contributed by atoms with van der Waals surface area (Å²) < 4.78 is 68.7. The lowest BCUT2D eigenvalue weighted by molar-refractivity contribution is -0.161. The van der Waals surface area contributed by atoms with Crippen molar-refractivity contribution in [2.45, 2.75) is 458 Å². The second kappa shape index (κ2) is 74.5. The molecule has 102 heavy (non-hydrogen) atoms. The fraction of sp³-hybridized carbons (Fsp3) is 0.952. The van der Waals surface area contributed by atoms with Crippen LogP contribution in [0.15, 0.2) is 0 Å². The normalized spacial score (nSPS) is 13.9. The van der Waals surface area contributed by atoms with Gasteiger partial charge < -0.3 is 33.8 Å². The number of unbranched alkanes of at least 4 members (excludes halogenated alkanes) is 52. The number of ether oxygens (including phenoxy) is 4. The van der Waals surface area contributed by atoms with Gasteiger partial charge in [-0.05, 0) is 37.5 Å². The van der Waals surface area contributed by atoms with Crippen LogP contribution < -0.4 is 0 Å². The van der Waals surface area contributed by atoms with Crippen LogP contribution >= 0.6 is 15.6 Å². The second-order valence-corrected chi connectivity index (χ2v) is 33.7. The molecule has 606 valence electrons. The summed E-state index contributed by atoms with van der Waals surface area (Å²) in [4.78, 5) is 73.0. The number of phosphoric ester groups is 2. The fourth-order valence-corrected chi connectivity index (χ4v) is 14.5. The molecule has 0 amide bonds. The maximum atomic E-state index is 13.1. The van der Waals surface area contributed by atoms with E-state index in [-0.39, 0.29) is 25.7 Å². The van der Waals surface area contributed by atoms with E-state index in [9.17, 15) is 43.2 Å². The first-order valence-corrected chi connectivity index (χ1v) is 46.0. The Morgan fingerprint density at radius 3 is 0.667 bits per heavy atom. The molecule has 0 aromatic rings. The summed E-state index contributed by atoms with van der Waals surface area (Å²) in [6.45, 7) is 9.67. The van der Waals surface area contributed by atoms with Crippen LogP contribution in [0.2, 0.25) is 0 Å². The lowest BCUT2D eigenvalue weighted by atomic mass is 10.0. The Kier molecular flexibility index (Phi) is 73.1. The Bertz CT molecular complexity index is 1960. The summed E-state index contributed by atoms with van der Waals surface area (Å²) in [6, 6.07) is 0. The van der Waals surface area contributed by atoms with E-state index in [1.54, 1.807) is 0 Å². The van der Waals surface area contributed by atoms with E-state index in [0.717, 1.165) is 115 Å². The van der Waals surface area contributed by atoms with E-state index in [4.69, 9.17) is 37.0 Å². The molecule has 0 saturated carbocycles. The van der Waals surface area contributed by atoms with Crippen molar-refractivity contribution in [2.75, 3.05) is 39.6 Å². The molecule has 0 heterocycles. The predicted molar refractivity (Wildman–Crippen MR) is 418 cm³/mol. The van der Waals surface area contributed by atoms with Crippen LogP contribution in [0.25, 0.3) is 0 Å². The highest BCUT2D eigenvalue weighted by atomic mass is 31.2. The minimum atomic E-state index is -4.96. The summed E-state index contributed by atoms with van der Waals surface area (Å²) in [5.74, 6) is -0.488. The van der Waals surface area contributed by atoms with Gasteiger partial charge in [-0.25, -0.2) is 9.13 Å². The summed E-state index contributed by atoms with van der Waals surface area (Å²) >= 11 is 0. The van der Waals surface area contributed by atoms with Crippen LogP contribution in [0.5, 0.6) is 0 Å². The van der Waals surface area contributed by atoms with Crippen molar-refractivity contribution < 1.29 is 80.2 Å². The van der Waals surface area contributed by atoms with Gasteiger partial charge in [-0.15, -0.1) is 0 Å². The van der Waals surface area contributed by atoms with Crippen LogP contribution in [-0.2, 0) is 65.4 Å². The molecule has 0 bridgehead atoms. The van der Waals surface area contributed by atoms with Gasteiger partial charge >= 0.3 is 39.5 Å². The molecule has 0 aliphatic heterocycles. The van der Waals surface area contributed by atoms with Gasteiger partial charge in [0.1, 0.15) is 19.3 Å². The number of carbonyl (C=O) groups excluding carboxylic acids is 4. The second-order valence-electron chi connectivity index (χ2n) is 30.8. The molecule has 0 rings (SSSR count). The third kappa shape index (κ3) is 76.3. The molecule has 0 radical (unpaired) electrons. The zero-order chi connectivity index (χ0) is 74.9. The summed E-state index contributed by atoms with van der Waals surface area (Å²) in [6.07, 6.45) is 65.4. The lowest BCUT2D eigenvalue weighted by Gasteiger charge is -2.21. The quantitative estimate of drug-likeness (QED) is 0.0222. The number of carbonyl (C=O) groups is 4. The molecule has 17 nitrogen and oxygen atoms in total. The first-order chi connectivity index (χ1) is 49.4.